The SMILES string of the molecule is CCC(NS(=O)(=O)c1ccc2cc(OC)ccc2c1)c1ccc(OC)cc1. The van der Waals surface area contributed by atoms with Gasteiger partial charge in [-0.05, 0) is 59.2 Å². The minimum absolute atomic E-state index is 0.243. The zero-order valence-electron chi connectivity index (χ0n) is 15.6. The van der Waals surface area contributed by atoms with Crippen LogP contribution in [0.1, 0.15) is 24.9 Å². The molecule has 1 unspecified atom stereocenters. The summed E-state index contributed by atoms with van der Waals surface area (Å²) in [5.41, 5.74) is 0.896. The molecule has 27 heavy (non-hydrogen) atoms. The lowest BCUT2D eigenvalue weighted by Crippen LogP contribution is -2.28. The van der Waals surface area contributed by atoms with Gasteiger partial charge in [-0.25, -0.2) is 13.1 Å². The minimum Gasteiger partial charge on any atom is -0.497 e. The van der Waals surface area contributed by atoms with Crippen LogP contribution in [0.5, 0.6) is 11.5 Å². The van der Waals surface area contributed by atoms with Gasteiger partial charge in [0.15, 0.2) is 0 Å². The highest BCUT2D eigenvalue weighted by atomic mass is 32.2. The summed E-state index contributed by atoms with van der Waals surface area (Å²) in [5.74, 6) is 1.48. The number of hydrogen-bond donors (Lipinski definition) is 1. The summed E-state index contributed by atoms with van der Waals surface area (Å²) in [7, 11) is -0.448. The molecule has 0 bridgehead atoms. The van der Waals surface area contributed by atoms with Gasteiger partial charge in [0.05, 0.1) is 19.1 Å². The molecule has 3 rings (SSSR count). The quantitative estimate of drug-likeness (QED) is 0.659. The molecular weight excluding hydrogens is 362 g/mol. The Hall–Kier alpha value is -2.57. The first-order valence-corrected chi connectivity index (χ1v) is 10.2. The van der Waals surface area contributed by atoms with Crippen molar-refractivity contribution in [1.29, 1.82) is 0 Å². The van der Waals surface area contributed by atoms with E-state index in [9.17, 15) is 8.42 Å². The van der Waals surface area contributed by atoms with Crippen LogP contribution in [-0.2, 0) is 10.0 Å². The molecule has 3 aromatic rings. The first-order chi connectivity index (χ1) is 13.0. The Labute approximate surface area is 160 Å². The van der Waals surface area contributed by atoms with Crippen LogP contribution in [0.4, 0.5) is 0 Å². The van der Waals surface area contributed by atoms with E-state index in [1.807, 2.05) is 49.4 Å². The summed E-state index contributed by atoms with van der Waals surface area (Å²) in [6, 6.07) is 17.7. The van der Waals surface area contributed by atoms with Crippen LogP contribution in [-0.4, -0.2) is 22.6 Å². The van der Waals surface area contributed by atoms with Crippen LogP contribution in [0, 0.1) is 0 Å². The standard InChI is InChI=1S/C21H23NO4S/c1-4-21(15-5-9-18(25-2)10-6-15)22-27(23,24)20-12-8-16-13-19(26-3)11-7-17(16)14-20/h5-14,21-22H,4H2,1-3H3. The van der Waals surface area contributed by atoms with E-state index >= 15 is 0 Å². The third-order valence-electron chi connectivity index (χ3n) is 4.55. The zero-order valence-corrected chi connectivity index (χ0v) is 16.4. The number of rotatable bonds is 7. The second-order valence-corrected chi connectivity index (χ2v) is 7.94. The molecule has 0 aromatic heterocycles. The van der Waals surface area contributed by atoms with E-state index in [1.54, 1.807) is 32.4 Å². The predicted molar refractivity (Wildman–Crippen MR) is 107 cm³/mol. The van der Waals surface area contributed by atoms with E-state index in [1.165, 1.54) is 0 Å². The number of sulfonamides is 1. The predicted octanol–water partition coefficient (Wildman–Crippen LogP) is 4.29. The summed E-state index contributed by atoms with van der Waals surface area (Å²) in [6.07, 6.45) is 0.635. The van der Waals surface area contributed by atoms with Gasteiger partial charge in [0.25, 0.3) is 0 Å². The van der Waals surface area contributed by atoms with Gasteiger partial charge in [-0.1, -0.05) is 31.2 Å². The molecule has 3 aromatic carbocycles. The number of fused-ring (bicyclic) bond motifs is 1. The van der Waals surface area contributed by atoms with Gasteiger partial charge < -0.3 is 9.47 Å². The van der Waals surface area contributed by atoms with Crippen molar-refractivity contribution in [2.45, 2.75) is 24.3 Å². The van der Waals surface area contributed by atoms with Crippen LogP contribution < -0.4 is 14.2 Å². The van der Waals surface area contributed by atoms with Crippen molar-refractivity contribution in [3.63, 3.8) is 0 Å². The first-order valence-electron chi connectivity index (χ1n) is 8.71. The van der Waals surface area contributed by atoms with Gasteiger partial charge in [0, 0.05) is 6.04 Å². The first kappa shape index (κ1) is 19.2. The van der Waals surface area contributed by atoms with E-state index in [0.717, 1.165) is 27.8 Å². The average molecular weight is 385 g/mol. The Balaban J connectivity index is 1.88. The van der Waals surface area contributed by atoms with Crippen LogP contribution >= 0.6 is 0 Å². The lowest BCUT2D eigenvalue weighted by Gasteiger charge is -2.18. The summed E-state index contributed by atoms with van der Waals surface area (Å²) >= 11 is 0. The molecular formula is C21H23NO4S. The van der Waals surface area contributed by atoms with Crippen molar-refractivity contribution in [1.82, 2.24) is 4.72 Å². The van der Waals surface area contributed by atoms with Crippen molar-refractivity contribution in [2.75, 3.05) is 14.2 Å². The second-order valence-electron chi connectivity index (χ2n) is 6.23. The van der Waals surface area contributed by atoms with E-state index in [0.29, 0.717) is 6.42 Å². The summed E-state index contributed by atoms with van der Waals surface area (Å²) in [4.78, 5) is 0.243. The third kappa shape index (κ3) is 4.23. The van der Waals surface area contributed by atoms with Gasteiger partial charge in [0.2, 0.25) is 10.0 Å². The van der Waals surface area contributed by atoms with E-state index in [-0.39, 0.29) is 10.9 Å². The molecule has 0 fully saturated rings. The zero-order chi connectivity index (χ0) is 19.4. The van der Waals surface area contributed by atoms with E-state index in [2.05, 4.69) is 4.72 Å². The van der Waals surface area contributed by atoms with Crippen LogP contribution in [0.2, 0.25) is 0 Å². The van der Waals surface area contributed by atoms with Gasteiger partial charge in [-0.3, -0.25) is 0 Å². The molecule has 0 amide bonds. The maximum Gasteiger partial charge on any atom is 0.241 e. The monoisotopic (exact) mass is 385 g/mol. The Morgan fingerprint density at radius 2 is 1.44 bits per heavy atom. The fourth-order valence-corrected chi connectivity index (χ4v) is 4.32. The van der Waals surface area contributed by atoms with E-state index in [4.69, 9.17) is 9.47 Å². The molecule has 0 radical (unpaired) electrons. The highest BCUT2D eigenvalue weighted by molar-refractivity contribution is 7.89. The molecule has 0 heterocycles. The molecule has 0 aliphatic rings. The lowest BCUT2D eigenvalue weighted by atomic mass is 10.1. The number of nitrogens with one attached hydrogen (secondary N) is 1. The molecule has 142 valence electrons. The largest absolute Gasteiger partial charge is 0.497 e. The number of hydrogen-bond acceptors (Lipinski definition) is 4. The average Bonchev–Trinajstić information content (AvgIpc) is 2.71. The fourth-order valence-electron chi connectivity index (χ4n) is 2.97. The van der Waals surface area contributed by atoms with Crippen molar-refractivity contribution in [2.24, 2.45) is 0 Å². The normalized spacial score (nSPS) is 12.7. The van der Waals surface area contributed by atoms with Gasteiger partial charge in [-0.15, -0.1) is 0 Å². The number of benzene rings is 3. The molecule has 5 nitrogen and oxygen atoms in total. The van der Waals surface area contributed by atoms with Crippen molar-refractivity contribution in [3.05, 3.63) is 66.2 Å². The molecule has 0 spiro atoms. The van der Waals surface area contributed by atoms with Crippen LogP contribution in [0.25, 0.3) is 10.8 Å². The fraction of sp³-hybridized carbons (Fsp3) is 0.238. The lowest BCUT2D eigenvalue weighted by molar-refractivity contribution is 0.414. The highest BCUT2D eigenvalue weighted by Crippen LogP contribution is 2.26. The Kier molecular flexibility index (Phi) is 5.68. The summed E-state index contributed by atoms with van der Waals surface area (Å²) in [5, 5.41) is 1.77. The number of methoxy groups -OCH3 is 2. The van der Waals surface area contributed by atoms with Crippen LogP contribution in [0.3, 0.4) is 0 Å². The second kappa shape index (κ2) is 7.98. The Morgan fingerprint density at radius 3 is 2.07 bits per heavy atom. The molecule has 0 saturated heterocycles. The molecule has 1 atom stereocenters. The number of ether oxygens (including phenoxy) is 2. The Bertz CT molecular complexity index is 1030. The molecule has 0 aliphatic heterocycles. The smallest absolute Gasteiger partial charge is 0.241 e. The highest BCUT2D eigenvalue weighted by Gasteiger charge is 2.20. The maximum atomic E-state index is 12.9. The summed E-state index contributed by atoms with van der Waals surface area (Å²) < 4.78 is 39.0. The van der Waals surface area contributed by atoms with Gasteiger partial charge >= 0.3 is 0 Å². The van der Waals surface area contributed by atoms with E-state index < -0.39 is 10.0 Å². The van der Waals surface area contributed by atoms with Crippen LogP contribution in [0.15, 0.2) is 65.6 Å². The third-order valence-corrected chi connectivity index (χ3v) is 6.02. The van der Waals surface area contributed by atoms with Crippen molar-refractivity contribution < 1.29 is 17.9 Å². The maximum absolute atomic E-state index is 12.9. The van der Waals surface area contributed by atoms with Crippen molar-refractivity contribution >= 4 is 20.8 Å². The molecule has 6 heteroatoms. The molecule has 0 saturated carbocycles. The van der Waals surface area contributed by atoms with Gasteiger partial charge in [0.1, 0.15) is 11.5 Å². The topological polar surface area (TPSA) is 64.6 Å². The molecule has 0 aliphatic carbocycles. The molecule has 1 N–H and O–H groups in total. The van der Waals surface area contributed by atoms with Gasteiger partial charge in [-0.2, -0.15) is 0 Å². The minimum atomic E-state index is -3.66. The summed E-state index contributed by atoms with van der Waals surface area (Å²) in [6.45, 7) is 1.95. The Morgan fingerprint density at radius 1 is 0.852 bits per heavy atom. The van der Waals surface area contributed by atoms with Crippen molar-refractivity contribution in [3.8, 4) is 11.5 Å².